The minimum absolute atomic E-state index is 0.0482. The zero-order chi connectivity index (χ0) is 24.1. The van der Waals surface area contributed by atoms with Crippen LogP contribution in [0.25, 0.3) is 0 Å². The number of amides is 1. The summed E-state index contributed by atoms with van der Waals surface area (Å²) in [5.74, 6) is 0.0119. The summed E-state index contributed by atoms with van der Waals surface area (Å²) in [5.41, 5.74) is 1.64. The van der Waals surface area contributed by atoms with Crippen LogP contribution >= 0.6 is 0 Å². The average molecular weight is 455 g/mol. The first-order valence-electron chi connectivity index (χ1n) is 9.50. The van der Waals surface area contributed by atoms with Gasteiger partial charge in [-0.25, -0.2) is 0 Å². The second-order valence-corrected chi connectivity index (χ2v) is 7.32. The third-order valence-electron chi connectivity index (χ3n) is 4.44. The molecule has 2 rings (SSSR count). The van der Waals surface area contributed by atoms with Crippen molar-refractivity contribution < 1.29 is 32.4 Å². The normalized spacial score (nSPS) is 11.4. The number of benzene rings is 2. The highest BCUT2D eigenvalue weighted by molar-refractivity contribution is 5.94. The van der Waals surface area contributed by atoms with Crippen molar-refractivity contribution in [2.75, 3.05) is 32.6 Å². The van der Waals surface area contributed by atoms with E-state index >= 15 is 0 Å². The lowest BCUT2D eigenvalue weighted by Gasteiger charge is -2.19. The molecule has 0 aliphatic carbocycles. The fraction of sp³-hybridized carbons (Fsp3) is 0.381. The van der Waals surface area contributed by atoms with Crippen molar-refractivity contribution in [2.45, 2.75) is 26.6 Å². The lowest BCUT2D eigenvalue weighted by molar-refractivity contribution is -0.384. The predicted molar refractivity (Wildman–Crippen MR) is 112 cm³/mol. The van der Waals surface area contributed by atoms with Crippen molar-refractivity contribution in [3.8, 4) is 11.5 Å². The van der Waals surface area contributed by atoms with Crippen molar-refractivity contribution in [1.29, 1.82) is 0 Å². The van der Waals surface area contributed by atoms with E-state index in [1.165, 1.54) is 25.3 Å². The van der Waals surface area contributed by atoms with Gasteiger partial charge in [0.2, 0.25) is 5.91 Å². The van der Waals surface area contributed by atoms with E-state index in [2.05, 4.69) is 5.32 Å². The maximum absolute atomic E-state index is 12.4. The number of aryl methyl sites for hydroxylation is 2. The topological polar surface area (TPSA) is 93.9 Å². The maximum atomic E-state index is 12.4. The van der Waals surface area contributed by atoms with Crippen LogP contribution < -0.4 is 14.8 Å². The number of nitro groups is 1. The highest BCUT2D eigenvalue weighted by Gasteiger charge is 2.29. The Bertz CT molecular complexity index is 972. The second kappa shape index (κ2) is 10.3. The Balaban J connectivity index is 2.03. The van der Waals surface area contributed by atoms with Gasteiger partial charge in [0.25, 0.3) is 5.69 Å². The minimum Gasteiger partial charge on any atom is -0.496 e. The van der Waals surface area contributed by atoms with E-state index in [1.54, 1.807) is 37.9 Å². The molecule has 0 aliphatic heterocycles. The number of halogens is 3. The molecular weight excluding hydrogens is 431 g/mol. The molecule has 0 fully saturated rings. The highest BCUT2D eigenvalue weighted by Crippen LogP contribution is 2.29. The third-order valence-corrected chi connectivity index (χ3v) is 4.44. The number of ether oxygens (including phenoxy) is 2. The molecule has 0 unspecified atom stereocenters. The molecule has 8 nitrogen and oxygen atoms in total. The van der Waals surface area contributed by atoms with Crippen molar-refractivity contribution in [3.63, 3.8) is 0 Å². The Labute approximate surface area is 183 Å². The molecule has 11 heteroatoms. The van der Waals surface area contributed by atoms with Crippen LogP contribution in [0.5, 0.6) is 11.5 Å². The van der Waals surface area contributed by atoms with Gasteiger partial charge >= 0.3 is 6.18 Å². The highest BCUT2D eigenvalue weighted by atomic mass is 19.4. The number of nitrogens with zero attached hydrogens (tertiary/aromatic N) is 2. The lowest BCUT2D eigenvalue weighted by atomic mass is 10.1. The van der Waals surface area contributed by atoms with Gasteiger partial charge in [0.15, 0.2) is 6.61 Å². The Kier molecular flexibility index (Phi) is 8.03. The summed E-state index contributed by atoms with van der Waals surface area (Å²) in [6, 6.07) is 7.50. The molecule has 2 aromatic rings. The van der Waals surface area contributed by atoms with E-state index in [9.17, 15) is 28.1 Å². The molecule has 0 bridgehead atoms. The molecule has 1 amide bonds. The van der Waals surface area contributed by atoms with Gasteiger partial charge in [0.05, 0.1) is 24.6 Å². The average Bonchev–Trinajstić information content (AvgIpc) is 2.66. The van der Waals surface area contributed by atoms with Gasteiger partial charge in [-0.05, 0) is 49.7 Å². The van der Waals surface area contributed by atoms with E-state index in [-0.39, 0.29) is 23.7 Å². The molecule has 0 radical (unpaired) electrons. The predicted octanol–water partition coefficient (Wildman–Crippen LogP) is 4.23. The molecule has 32 heavy (non-hydrogen) atoms. The smallest absolute Gasteiger partial charge is 0.422 e. The number of carbonyl (C=O) groups excluding carboxylic acids is 1. The molecule has 1 N–H and O–H groups in total. The van der Waals surface area contributed by atoms with Gasteiger partial charge in [0.1, 0.15) is 17.2 Å². The lowest BCUT2D eigenvalue weighted by Crippen LogP contribution is -2.30. The van der Waals surface area contributed by atoms with Gasteiger partial charge in [0, 0.05) is 6.54 Å². The van der Waals surface area contributed by atoms with Gasteiger partial charge in [-0.3, -0.25) is 19.8 Å². The number of nitro benzene ring substituents is 1. The van der Waals surface area contributed by atoms with Gasteiger partial charge < -0.3 is 14.8 Å². The first-order valence-corrected chi connectivity index (χ1v) is 9.50. The summed E-state index contributed by atoms with van der Waals surface area (Å²) in [6.07, 6.45) is -4.43. The standard InChI is InChI=1S/C21H24F3N3O5/c1-13-7-15(8-14(2)20(13)32-12-21(22,23)24)10-26(3)11-19(28)25-17-6-5-16(31-4)9-18(17)27(29)30/h5-9H,10-12H2,1-4H3,(H,25,28). The van der Waals surface area contributed by atoms with Crippen molar-refractivity contribution >= 4 is 17.3 Å². The number of alkyl halides is 3. The van der Waals surface area contributed by atoms with Crippen LogP contribution in [0.4, 0.5) is 24.5 Å². The minimum atomic E-state index is -4.43. The van der Waals surface area contributed by atoms with Gasteiger partial charge in [-0.1, -0.05) is 12.1 Å². The van der Waals surface area contributed by atoms with Crippen molar-refractivity contribution in [3.05, 3.63) is 57.1 Å². The summed E-state index contributed by atoms with van der Waals surface area (Å²) in [6.45, 7) is 2.20. The molecule has 0 aromatic heterocycles. The molecule has 0 heterocycles. The second-order valence-electron chi connectivity index (χ2n) is 7.32. The van der Waals surface area contributed by atoms with Crippen LogP contribution in [0.15, 0.2) is 30.3 Å². The summed E-state index contributed by atoms with van der Waals surface area (Å²) in [7, 11) is 3.06. The number of methoxy groups -OCH3 is 1. The van der Waals surface area contributed by atoms with Gasteiger partial charge in [-0.2, -0.15) is 13.2 Å². The summed E-state index contributed by atoms with van der Waals surface area (Å²) < 4.78 is 47.2. The van der Waals surface area contributed by atoms with Crippen LogP contribution in [-0.2, 0) is 11.3 Å². The molecule has 0 saturated carbocycles. The van der Waals surface area contributed by atoms with E-state index in [4.69, 9.17) is 9.47 Å². The third kappa shape index (κ3) is 7.12. The fourth-order valence-corrected chi connectivity index (χ4v) is 3.21. The van der Waals surface area contributed by atoms with Crippen LogP contribution in [0, 0.1) is 24.0 Å². The molecule has 0 saturated heterocycles. The molecule has 2 aromatic carbocycles. The number of rotatable bonds is 9. The van der Waals surface area contributed by atoms with Crippen molar-refractivity contribution in [1.82, 2.24) is 4.90 Å². The number of anilines is 1. The molecule has 0 aliphatic rings. The number of likely N-dealkylation sites (N-methyl/N-ethyl adjacent to an activating group) is 1. The molecule has 0 atom stereocenters. The largest absolute Gasteiger partial charge is 0.496 e. The fourth-order valence-electron chi connectivity index (χ4n) is 3.21. The molecule has 174 valence electrons. The Morgan fingerprint density at radius 1 is 1.19 bits per heavy atom. The van der Waals surface area contributed by atoms with Crippen molar-refractivity contribution in [2.24, 2.45) is 0 Å². The summed E-state index contributed by atoms with van der Waals surface area (Å²) in [5, 5.41) is 13.8. The van der Waals surface area contributed by atoms with E-state index in [0.717, 1.165) is 5.56 Å². The first kappa shape index (κ1) is 24.9. The number of nitrogens with one attached hydrogen (secondary N) is 1. The van der Waals surface area contributed by atoms with E-state index in [1.807, 2.05) is 0 Å². The zero-order valence-electron chi connectivity index (χ0n) is 18.1. The number of hydrogen-bond acceptors (Lipinski definition) is 6. The summed E-state index contributed by atoms with van der Waals surface area (Å²) in [4.78, 5) is 24.7. The van der Waals surface area contributed by atoms with Crippen LogP contribution in [0.2, 0.25) is 0 Å². The molecular formula is C21H24F3N3O5. The quantitative estimate of drug-likeness (QED) is 0.449. The zero-order valence-corrected chi connectivity index (χ0v) is 18.1. The Morgan fingerprint density at radius 3 is 2.34 bits per heavy atom. The Hall–Kier alpha value is -3.34. The monoisotopic (exact) mass is 455 g/mol. The van der Waals surface area contributed by atoms with E-state index in [0.29, 0.717) is 23.4 Å². The van der Waals surface area contributed by atoms with E-state index < -0.39 is 23.6 Å². The van der Waals surface area contributed by atoms with Crippen LogP contribution in [0.3, 0.4) is 0 Å². The summed E-state index contributed by atoms with van der Waals surface area (Å²) >= 11 is 0. The maximum Gasteiger partial charge on any atom is 0.422 e. The number of hydrogen-bond donors (Lipinski definition) is 1. The number of carbonyl (C=O) groups is 1. The van der Waals surface area contributed by atoms with Crippen LogP contribution in [-0.4, -0.2) is 49.2 Å². The van der Waals surface area contributed by atoms with Crippen LogP contribution in [0.1, 0.15) is 16.7 Å². The Morgan fingerprint density at radius 2 is 1.81 bits per heavy atom. The SMILES string of the molecule is COc1ccc(NC(=O)CN(C)Cc2cc(C)c(OCC(F)(F)F)c(C)c2)c([N+](=O)[O-])c1. The first-order chi connectivity index (χ1) is 14.9. The van der Waals surface area contributed by atoms with Gasteiger partial charge in [-0.15, -0.1) is 0 Å². The molecule has 0 spiro atoms.